The smallest absolute Gasteiger partial charge is 0.319 e. The fourth-order valence-corrected chi connectivity index (χ4v) is 1.93. The van der Waals surface area contributed by atoms with Crippen LogP contribution in [-0.4, -0.2) is 31.4 Å². The molecule has 2 atom stereocenters. The summed E-state index contributed by atoms with van der Waals surface area (Å²) in [5.74, 6) is -2.33. The molecule has 0 unspecified atom stereocenters. The molecule has 0 radical (unpaired) electrons. The molecule has 5 heteroatoms. The predicted molar refractivity (Wildman–Crippen MR) is 54.5 cm³/mol. The fraction of sp³-hybridized carbons (Fsp3) is 0.727. The summed E-state index contributed by atoms with van der Waals surface area (Å²) in [6.07, 6.45) is 0.686. The van der Waals surface area contributed by atoms with E-state index in [0.29, 0.717) is 12.8 Å². The molecule has 5 nitrogen and oxygen atoms in total. The number of carbonyl (C=O) groups is 3. The van der Waals surface area contributed by atoms with Crippen molar-refractivity contribution >= 4 is 17.7 Å². The molecule has 1 fully saturated rings. The molecule has 0 heterocycles. The molecule has 0 N–H and O–H groups in total. The minimum atomic E-state index is -1.19. The fourth-order valence-electron chi connectivity index (χ4n) is 1.93. The van der Waals surface area contributed by atoms with Gasteiger partial charge in [0, 0.05) is 0 Å². The van der Waals surface area contributed by atoms with Crippen LogP contribution in [0, 0.1) is 11.3 Å². The van der Waals surface area contributed by atoms with Crippen molar-refractivity contribution in [3.63, 3.8) is 0 Å². The number of methoxy groups -OCH3 is 1. The van der Waals surface area contributed by atoms with Gasteiger partial charge in [-0.3, -0.25) is 14.4 Å². The van der Waals surface area contributed by atoms with Crippen molar-refractivity contribution < 1.29 is 23.9 Å². The van der Waals surface area contributed by atoms with Gasteiger partial charge in [-0.05, 0) is 26.7 Å². The summed E-state index contributed by atoms with van der Waals surface area (Å²) in [6, 6.07) is 0. The van der Waals surface area contributed by atoms with E-state index in [1.807, 2.05) is 0 Å². The molecule has 0 amide bonds. The molecular formula is C11H16O5. The Morgan fingerprint density at radius 2 is 2.12 bits per heavy atom. The maximum absolute atomic E-state index is 11.9. The van der Waals surface area contributed by atoms with E-state index in [2.05, 4.69) is 4.74 Å². The first-order valence-electron chi connectivity index (χ1n) is 5.26. The van der Waals surface area contributed by atoms with E-state index in [9.17, 15) is 14.4 Å². The first-order valence-corrected chi connectivity index (χ1v) is 5.26. The second-order valence-corrected chi connectivity index (χ2v) is 4.03. The molecule has 0 spiro atoms. The summed E-state index contributed by atoms with van der Waals surface area (Å²) in [5.41, 5.74) is -1.19. The third-order valence-corrected chi connectivity index (χ3v) is 3.00. The maximum atomic E-state index is 11.9. The summed E-state index contributed by atoms with van der Waals surface area (Å²) in [4.78, 5) is 34.9. The van der Waals surface area contributed by atoms with Crippen LogP contribution in [0.3, 0.4) is 0 Å². The van der Waals surface area contributed by atoms with Crippen LogP contribution in [0.4, 0.5) is 0 Å². The van der Waals surface area contributed by atoms with Crippen molar-refractivity contribution in [1.82, 2.24) is 0 Å². The lowest BCUT2D eigenvalue weighted by molar-refractivity contribution is -0.159. The Morgan fingerprint density at radius 1 is 1.50 bits per heavy atom. The van der Waals surface area contributed by atoms with Gasteiger partial charge in [-0.1, -0.05) is 0 Å². The minimum Gasteiger partial charge on any atom is -0.468 e. The highest BCUT2D eigenvalue weighted by molar-refractivity contribution is 6.13. The summed E-state index contributed by atoms with van der Waals surface area (Å²) in [7, 11) is 1.23. The minimum absolute atomic E-state index is 0.227. The maximum Gasteiger partial charge on any atom is 0.319 e. The van der Waals surface area contributed by atoms with Gasteiger partial charge < -0.3 is 9.47 Å². The van der Waals surface area contributed by atoms with Gasteiger partial charge in [-0.15, -0.1) is 0 Å². The van der Waals surface area contributed by atoms with E-state index in [0.717, 1.165) is 0 Å². The lowest BCUT2D eigenvalue weighted by atomic mass is 9.86. The molecular weight excluding hydrogens is 212 g/mol. The van der Waals surface area contributed by atoms with Crippen molar-refractivity contribution in [3.8, 4) is 0 Å². The van der Waals surface area contributed by atoms with Gasteiger partial charge in [0.25, 0.3) is 0 Å². The Kier molecular flexibility index (Phi) is 3.67. The van der Waals surface area contributed by atoms with Crippen molar-refractivity contribution in [1.29, 1.82) is 0 Å². The van der Waals surface area contributed by atoms with E-state index in [4.69, 9.17) is 4.74 Å². The molecule has 16 heavy (non-hydrogen) atoms. The Bertz CT molecular complexity index is 322. The number of hydrogen-bond acceptors (Lipinski definition) is 5. The zero-order chi connectivity index (χ0) is 12.3. The second-order valence-electron chi connectivity index (χ2n) is 4.03. The molecule has 0 aliphatic heterocycles. The number of Topliss-reactive ketones (excluding diaryl/α,β-unsaturated/α-hetero) is 1. The van der Waals surface area contributed by atoms with Gasteiger partial charge in [0.15, 0.2) is 5.78 Å². The summed E-state index contributed by atoms with van der Waals surface area (Å²) in [5, 5.41) is 0. The quantitative estimate of drug-likeness (QED) is 0.525. The molecule has 1 aliphatic rings. The van der Waals surface area contributed by atoms with Gasteiger partial charge in [-0.2, -0.15) is 0 Å². The Labute approximate surface area is 94.1 Å². The molecule has 1 saturated carbocycles. The van der Waals surface area contributed by atoms with Crippen molar-refractivity contribution in [2.45, 2.75) is 26.7 Å². The largest absolute Gasteiger partial charge is 0.468 e. The third kappa shape index (κ3) is 1.94. The number of rotatable bonds is 3. The Hall–Kier alpha value is -1.39. The van der Waals surface area contributed by atoms with Crippen LogP contribution in [-0.2, 0) is 23.9 Å². The standard InChI is InChI=1S/C11H16O5/c1-4-16-10(14)11(2)6-5-7(8(11)12)9(13)15-3/h7H,4-6H2,1-3H3/t7-,11-/m0/s1. The molecule has 1 aliphatic carbocycles. The van der Waals surface area contributed by atoms with Gasteiger partial charge in [-0.25, -0.2) is 0 Å². The van der Waals surface area contributed by atoms with E-state index < -0.39 is 29.1 Å². The predicted octanol–water partition coefficient (Wildman–Crippen LogP) is 0.708. The SMILES string of the molecule is CCOC(=O)[C@@]1(C)CC[C@H](C(=O)OC)C1=O. The summed E-state index contributed by atoms with van der Waals surface area (Å²) in [6.45, 7) is 3.43. The van der Waals surface area contributed by atoms with Gasteiger partial charge in [0.1, 0.15) is 11.3 Å². The molecule has 0 aromatic heterocycles. The number of ether oxygens (including phenoxy) is 2. The molecule has 1 rings (SSSR count). The van der Waals surface area contributed by atoms with Crippen LogP contribution < -0.4 is 0 Å². The normalized spacial score (nSPS) is 28.9. The zero-order valence-corrected chi connectivity index (χ0v) is 9.74. The number of ketones is 1. The molecule has 0 aromatic carbocycles. The molecule has 0 saturated heterocycles. The van der Waals surface area contributed by atoms with Crippen LogP contribution in [0.2, 0.25) is 0 Å². The van der Waals surface area contributed by atoms with Gasteiger partial charge in [0.05, 0.1) is 13.7 Å². The average Bonchev–Trinajstić information content (AvgIpc) is 2.57. The van der Waals surface area contributed by atoms with E-state index in [1.54, 1.807) is 6.92 Å². The van der Waals surface area contributed by atoms with Crippen molar-refractivity contribution in [2.24, 2.45) is 11.3 Å². The third-order valence-electron chi connectivity index (χ3n) is 3.00. The number of hydrogen-bond donors (Lipinski definition) is 0. The topological polar surface area (TPSA) is 69.7 Å². The average molecular weight is 228 g/mol. The second kappa shape index (κ2) is 4.63. The van der Waals surface area contributed by atoms with E-state index in [-0.39, 0.29) is 6.61 Å². The van der Waals surface area contributed by atoms with Crippen LogP contribution in [0.1, 0.15) is 26.7 Å². The molecule has 0 bridgehead atoms. The Balaban J connectivity index is 2.83. The molecule has 0 aromatic rings. The summed E-state index contributed by atoms with van der Waals surface area (Å²) < 4.78 is 9.37. The highest BCUT2D eigenvalue weighted by Crippen LogP contribution is 2.39. The summed E-state index contributed by atoms with van der Waals surface area (Å²) >= 11 is 0. The van der Waals surface area contributed by atoms with Crippen LogP contribution >= 0.6 is 0 Å². The zero-order valence-electron chi connectivity index (χ0n) is 9.74. The Morgan fingerprint density at radius 3 is 2.62 bits per heavy atom. The molecule has 90 valence electrons. The number of esters is 2. The van der Waals surface area contributed by atoms with E-state index in [1.165, 1.54) is 14.0 Å². The van der Waals surface area contributed by atoms with Gasteiger partial charge >= 0.3 is 11.9 Å². The van der Waals surface area contributed by atoms with Crippen molar-refractivity contribution in [2.75, 3.05) is 13.7 Å². The highest BCUT2D eigenvalue weighted by Gasteiger charge is 2.53. The lowest BCUT2D eigenvalue weighted by Crippen LogP contribution is -2.37. The van der Waals surface area contributed by atoms with Crippen LogP contribution in [0.25, 0.3) is 0 Å². The van der Waals surface area contributed by atoms with Crippen molar-refractivity contribution in [3.05, 3.63) is 0 Å². The lowest BCUT2D eigenvalue weighted by Gasteiger charge is -2.19. The van der Waals surface area contributed by atoms with Crippen LogP contribution in [0.5, 0.6) is 0 Å². The van der Waals surface area contributed by atoms with Gasteiger partial charge in [0.2, 0.25) is 0 Å². The van der Waals surface area contributed by atoms with E-state index >= 15 is 0 Å². The first-order chi connectivity index (χ1) is 7.47. The number of carbonyl (C=O) groups excluding carboxylic acids is 3. The highest BCUT2D eigenvalue weighted by atomic mass is 16.5. The monoisotopic (exact) mass is 228 g/mol. The van der Waals surface area contributed by atoms with Crippen LogP contribution in [0.15, 0.2) is 0 Å². The first kappa shape index (κ1) is 12.7.